The van der Waals surface area contributed by atoms with Crippen molar-refractivity contribution in [1.82, 2.24) is 14.7 Å². The number of imidazole rings is 1. The first-order chi connectivity index (χ1) is 12.2. The number of fused-ring (bicyclic) bond motifs is 2. The summed E-state index contributed by atoms with van der Waals surface area (Å²) in [6.07, 6.45) is 1.83. The van der Waals surface area contributed by atoms with Gasteiger partial charge in [0.25, 0.3) is 5.91 Å². The molecule has 25 heavy (non-hydrogen) atoms. The number of para-hydroxylation sites is 1. The van der Waals surface area contributed by atoms with Gasteiger partial charge in [0, 0.05) is 11.8 Å². The van der Waals surface area contributed by atoms with E-state index in [1.54, 1.807) is 4.40 Å². The quantitative estimate of drug-likeness (QED) is 0.795. The highest BCUT2D eigenvalue weighted by atomic mass is 16.5. The summed E-state index contributed by atoms with van der Waals surface area (Å²) in [7, 11) is 0. The van der Waals surface area contributed by atoms with Crippen LogP contribution in [0, 0.1) is 6.92 Å². The van der Waals surface area contributed by atoms with E-state index in [1.807, 2.05) is 56.4 Å². The van der Waals surface area contributed by atoms with Crippen molar-refractivity contribution in [2.75, 3.05) is 13.2 Å². The number of amides is 1. The Labute approximate surface area is 145 Å². The molecule has 1 N–H and O–H groups in total. The fraction of sp³-hybridized carbons (Fsp3) is 0.263. The Morgan fingerprint density at radius 2 is 2.20 bits per heavy atom. The molecule has 4 rings (SSSR count). The van der Waals surface area contributed by atoms with Crippen molar-refractivity contribution < 1.29 is 14.3 Å². The van der Waals surface area contributed by atoms with Crippen LogP contribution < -0.4 is 14.8 Å². The van der Waals surface area contributed by atoms with Crippen LogP contribution in [0.1, 0.15) is 34.7 Å². The summed E-state index contributed by atoms with van der Waals surface area (Å²) in [5, 5.41) is 3.06. The van der Waals surface area contributed by atoms with Gasteiger partial charge in [0.1, 0.15) is 18.1 Å². The molecule has 1 amide bonds. The Kier molecular flexibility index (Phi) is 3.80. The van der Waals surface area contributed by atoms with Gasteiger partial charge >= 0.3 is 0 Å². The van der Waals surface area contributed by atoms with Crippen LogP contribution >= 0.6 is 0 Å². The van der Waals surface area contributed by atoms with E-state index in [0.717, 1.165) is 11.3 Å². The van der Waals surface area contributed by atoms with E-state index in [1.165, 1.54) is 0 Å². The second-order valence-electron chi connectivity index (χ2n) is 5.92. The van der Waals surface area contributed by atoms with E-state index >= 15 is 0 Å². The average molecular weight is 337 g/mol. The molecule has 1 aliphatic heterocycles. The second-order valence-corrected chi connectivity index (χ2v) is 5.92. The summed E-state index contributed by atoms with van der Waals surface area (Å²) in [5.41, 5.74) is 2.82. The molecule has 0 bridgehead atoms. The van der Waals surface area contributed by atoms with Crippen molar-refractivity contribution >= 4 is 11.6 Å². The molecule has 0 aliphatic carbocycles. The third-order valence-electron chi connectivity index (χ3n) is 4.31. The normalized spacial score (nSPS) is 15.7. The Morgan fingerprint density at radius 1 is 1.36 bits per heavy atom. The fourth-order valence-electron chi connectivity index (χ4n) is 3.21. The van der Waals surface area contributed by atoms with E-state index in [-0.39, 0.29) is 11.9 Å². The summed E-state index contributed by atoms with van der Waals surface area (Å²) in [5.74, 6) is 1.31. The zero-order valence-electron chi connectivity index (χ0n) is 14.2. The average Bonchev–Trinajstić information content (AvgIpc) is 3.16. The Balaban J connectivity index is 1.67. The number of pyridine rings is 1. The largest absolute Gasteiger partial charge is 0.491 e. The molecule has 1 atom stereocenters. The number of carbonyl (C=O) groups excluding carboxylic acids is 1. The summed E-state index contributed by atoms with van der Waals surface area (Å²) in [6.45, 7) is 4.73. The van der Waals surface area contributed by atoms with Gasteiger partial charge in [0.2, 0.25) is 0 Å². The number of benzene rings is 1. The Bertz CT molecular complexity index is 948. The van der Waals surface area contributed by atoms with E-state index in [0.29, 0.717) is 36.0 Å². The topological polar surface area (TPSA) is 64.9 Å². The lowest BCUT2D eigenvalue weighted by Crippen LogP contribution is -2.30. The third-order valence-corrected chi connectivity index (χ3v) is 4.31. The van der Waals surface area contributed by atoms with Gasteiger partial charge in [0.05, 0.1) is 18.3 Å². The molecular weight excluding hydrogens is 318 g/mol. The third kappa shape index (κ3) is 2.59. The zero-order valence-corrected chi connectivity index (χ0v) is 14.2. The molecule has 3 heterocycles. The molecule has 0 radical (unpaired) electrons. The molecule has 0 fully saturated rings. The summed E-state index contributed by atoms with van der Waals surface area (Å²) < 4.78 is 13.0. The molecule has 1 aromatic carbocycles. The maximum absolute atomic E-state index is 12.9. The first-order valence-corrected chi connectivity index (χ1v) is 8.32. The molecular formula is C19H19N3O3. The van der Waals surface area contributed by atoms with Crippen LogP contribution in [0.5, 0.6) is 11.5 Å². The van der Waals surface area contributed by atoms with Crippen LogP contribution in [-0.4, -0.2) is 28.5 Å². The van der Waals surface area contributed by atoms with Crippen molar-refractivity contribution in [3.63, 3.8) is 0 Å². The number of nitrogens with one attached hydrogen (secondary N) is 1. The van der Waals surface area contributed by atoms with Gasteiger partial charge in [0.15, 0.2) is 11.4 Å². The number of hydrogen-bond acceptors (Lipinski definition) is 4. The predicted octanol–water partition coefficient (Wildman–Crippen LogP) is 2.90. The molecule has 2 aromatic heterocycles. The number of ether oxygens (including phenoxy) is 2. The van der Waals surface area contributed by atoms with Gasteiger partial charge in [-0.15, -0.1) is 0 Å². The van der Waals surface area contributed by atoms with Gasteiger partial charge in [-0.25, -0.2) is 4.98 Å². The van der Waals surface area contributed by atoms with Crippen molar-refractivity contribution in [3.8, 4) is 11.5 Å². The van der Waals surface area contributed by atoms with Crippen LogP contribution in [0.4, 0.5) is 0 Å². The van der Waals surface area contributed by atoms with Crippen molar-refractivity contribution in [1.29, 1.82) is 0 Å². The van der Waals surface area contributed by atoms with Crippen LogP contribution in [-0.2, 0) is 0 Å². The number of aromatic nitrogens is 2. The molecule has 6 nitrogen and oxygen atoms in total. The second kappa shape index (κ2) is 6.12. The van der Waals surface area contributed by atoms with Gasteiger partial charge in [-0.2, -0.15) is 0 Å². The van der Waals surface area contributed by atoms with Gasteiger partial charge in [-0.05, 0) is 32.0 Å². The van der Waals surface area contributed by atoms with E-state index in [2.05, 4.69) is 10.3 Å². The number of nitrogens with zero attached hydrogens (tertiary/aromatic N) is 2. The minimum absolute atomic E-state index is 0.163. The van der Waals surface area contributed by atoms with Crippen LogP contribution in [0.25, 0.3) is 5.65 Å². The monoisotopic (exact) mass is 337 g/mol. The van der Waals surface area contributed by atoms with Crippen molar-refractivity contribution in [2.24, 2.45) is 0 Å². The predicted molar refractivity (Wildman–Crippen MR) is 93.2 cm³/mol. The summed E-state index contributed by atoms with van der Waals surface area (Å²) >= 11 is 0. The van der Waals surface area contributed by atoms with Crippen LogP contribution in [0.15, 0.2) is 42.6 Å². The minimum atomic E-state index is -0.177. The van der Waals surface area contributed by atoms with E-state index in [9.17, 15) is 4.79 Å². The highest BCUT2D eigenvalue weighted by molar-refractivity contribution is 5.95. The number of aryl methyl sites for hydroxylation is 1. The minimum Gasteiger partial charge on any atom is -0.491 e. The molecule has 0 spiro atoms. The lowest BCUT2D eigenvalue weighted by molar-refractivity contribution is 0.0923. The molecule has 128 valence electrons. The standard InChI is InChI=1S/C19H19N3O3/c1-3-24-16-9-6-10-22-17(12(2)20-18(16)22)19(23)21-14-11-25-15-8-5-4-7-13(14)15/h4-10,14H,3,11H2,1-2H3,(H,21,23)/t14-/m0/s1. The maximum Gasteiger partial charge on any atom is 0.270 e. The Hall–Kier alpha value is -3.02. The number of hydrogen-bond donors (Lipinski definition) is 1. The first-order valence-electron chi connectivity index (χ1n) is 8.32. The lowest BCUT2D eigenvalue weighted by atomic mass is 10.1. The van der Waals surface area contributed by atoms with Gasteiger partial charge < -0.3 is 14.8 Å². The van der Waals surface area contributed by atoms with Gasteiger partial charge in [-0.1, -0.05) is 18.2 Å². The SMILES string of the molecule is CCOc1cccn2c(C(=O)N[C@H]3COc4ccccc43)c(C)nc12. The molecule has 0 saturated carbocycles. The highest BCUT2D eigenvalue weighted by Crippen LogP contribution is 2.32. The molecule has 0 saturated heterocycles. The molecule has 1 aliphatic rings. The first kappa shape index (κ1) is 15.5. The smallest absolute Gasteiger partial charge is 0.270 e. The molecule has 3 aromatic rings. The van der Waals surface area contributed by atoms with Crippen molar-refractivity contribution in [2.45, 2.75) is 19.9 Å². The Morgan fingerprint density at radius 3 is 3.04 bits per heavy atom. The highest BCUT2D eigenvalue weighted by Gasteiger charge is 2.27. The summed E-state index contributed by atoms with van der Waals surface area (Å²) in [4.78, 5) is 17.4. The summed E-state index contributed by atoms with van der Waals surface area (Å²) in [6, 6.07) is 11.3. The van der Waals surface area contributed by atoms with E-state index in [4.69, 9.17) is 9.47 Å². The molecule has 6 heteroatoms. The number of rotatable bonds is 4. The lowest BCUT2D eigenvalue weighted by Gasteiger charge is -2.12. The number of carbonyl (C=O) groups is 1. The van der Waals surface area contributed by atoms with Crippen LogP contribution in [0.2, 0.25) is 0 Å². The van der Waals surface area contributed by atoms with E-state index < -0.39 is 0 Å². The maximum atomic E-state index is 12.9. The van der Waals surface area contributed by atoms with Gasteiger partial charge in [-0.3, -0.25) is 9.20 Å². The zero-order chi connectivity index (χ0) is 17.4. The fourth-order valence-corrected chi connectivity index (χ4v) is 3.21. The molecule has 0 unspecified atom stereocenters. The van der Waals surface area contributed by atoms with Crippen molar-refractivity contribution in [3.05, 3.63) is 59.5 Å². The van der Waals surface area contributed by atoms with Crippen LogP contribution in [0.3, 0.4) is 0 Å².